The zero-order valence-electron chi connectivity index (χ0n) is 11.7. The first kappa shape index (κ1) is 17.9. The van der Waals surface area contributed by atoms with Crippen LogP contribution in [-0.4, -0.2) is 10.7 Å². The van der Waals surface area contributed by atoms with Gasteiger partial charge in [0.1, 0.15) is 5.82 Å². The number of non-ortho nitro benzene ring substituents is 1. The third-order valence-electron chi connectivity index (χ3n) is 3.19. The SMILES string of the molecule is O=C(Cc1ccc(F)cc1C(F)(F)F)c1cc([N+](=O)[O-])ccc1Cl. The Bertz CT molecular complexity index is 821. The molecule has 126 valence electrons. The molecule has 0 saturated heterocycles. The second kappa shape index (κ2) is 6.56. The second-order valence-electron chi connectivity index (χ2n) is 4.82. The average molecular weight is 362 g/mol. The molecule has 0 bridgehead atoms. The van der Waals surface area contributed by atoms with Gasteiger partial charge in [0.2, 0.25) is 0 Å². The molecular weight excluding hydrogens is 354 g/mol. The van der Waals surface area contributed by atoms with Gasteiger partial charge in [-0.1, -0.05) is 17.7 Å². The Balaban J connectivity index is 2.41. The van der Waals surface area contributed by atoms with Crippen LogP contribution in [0.25, 0.3) is 0 Å². The summed E-state index contributed by atoms with van der Waals surface area (Å²) >= 11 is 5.79. The summed E-state index contributed by atoms with van der Waals surface area (Å²) in [5.41, 5.74) is -2.42. The molecule has 0 N–H and O–H groups in total. The maximum Gasteiger partial charge on any atom is 0.416 e. The van der Waals surface area contributed by atoms with Gasteiger partial charge in [0.25, 0.3) is 5.69 Å². The number of ketones is 1. The van der Waals surface area contributed by atoms with Crippen LogP contribution in [0, 0.1) is 15.9 Å². The summed E-state index contributed by atoms with van der Waals surface area (Å²) in [6, 6.07) is 5.01. The van der Waals surface area contributed by atoms with E-state index in [0.717, 1.165) is 30.3 Å². The van der Waals surface area contributed by atoms with Gasteiger partial charge in [0.15, 0.2) is 5.78 Å². The number of carbonyl (C=O) groups is 1. The Morgan fingerprint density at radius 1 is 1.17 bits per heavy atom. The number of nitrogens with zero attached hydrogens (tertiary/aromatic N) is 1. The van der Waals surface area contributed by atoms with Gasteiger partial charge >= 0.3 is 6.18 Å². The van der Waals surface area contributed by atoms with Crippen molar-refractivity contribution in [2.75, 3.05) is 0 Å². The number of benzene rings is 2. The summed E-state index contributed by atoms with van der Waals surface area (Å²) in [6.07, 6.45) is -5.57. The topological polar surface area (TPSA) is 60.2 Å². The molecule has 4 nitrogen and oxygen atoms in total. The van der Waals surface area contributed by atoms with Gasteiger partial charge in [0, 0.05) is 24.1 Å². The summed E-state index contributed by atoms with van der Waals surface area (Å²) in [5.74, 6) is -1.94. The highest BCUT2D eigenvalue weighted by Crippen LogP contribution is 2.33. The lowest BCUT2D eigenvalue weighted by Gasteiger charge is -2.13. The van der Waals surface area contributed by atoms with Gasteiger partial charge in [-0.25, -0.2) is 4.39 Å². The van der Waals surface area contributed by atoms with Crippen LogP contribution in [0.1, 0.15) is 21.5 Å². The summed E-state index contributed by atoms with van der Waals surface area (Å²) in [6.45, 7) is 0. The minimum absolute atomic E-state index is 0.124. The van der Waals surface area contributed by atoms with Crippen LogP contribution in [-0.2, 0) is 12.6 Å². The van der Waals surface area contributed by atoms with E-state index in [0.29, 0.717) is 0 Å². The van der Waals surface area contributed by atoms with Crippen molar-refractivity contribution in [2.24, 2.45) is 0 Å². The molecule has 0 fully saturated rings. The first-order valence-electron chi connectivity index (χ1n) is 6.42. The highest BCUT2D eigenvalue weighted by Gasteiger charge is 2.34. The molecule has 0 atom stereocenters. The van der Waals surface area contributed by atoms with Crippen molar-refractivity contribution < 1.29 is 27.3 Å². The Labute approximate surface area is 137 Å². The molecular formula is C15H8ClF4NO3. The van der Waals surface area contributed by atoms with E-state index in [-0.39, 0.29) is 16.7 Å². The smallest absolute Gasteiger partial charge is 0.294 e. The van der Waals surface area contributed by atoms with E-state index >= 15 is 0 Å². The molecule has 0 aliphatic rings. The van der Waals surface area contributed by atoms with Crippen molar-refractivity contribution in [3.63, 3.8) is 0 Å². The van der Waals surface area contributed by atoms with Crippen LogP contribution >= 0.6 is 11.6 Å². The molecule has 0 unspecified atom stereocenters. The van der Waals surface area contributed by atoms with Crippen LogP contribution in [0.2, 0.25) is 5.02 Å². The summed E-state index contributed by atoms with van der Waals surface area (Å²) in [4.78, 5) is 22.2. The minimum atomic E-state index is -4.84. The van der Waals surface area contributed by atoms with Crippen LogP contribution in [0.3, 0.4) is 0 Å². The Morgan fingerprint density at radius 3 is 2.42 bits per heavy atom. The van der Waals surface area contributed by atoms with Gasteiger partial charge in [-0.05, 0) is 23.8 Å². The fraction of sp³-hybridized carbons (Fsp3) is 0.133. The van der Waals surface area contributed by atoms with Crippen LogP contribution in [0.5, 0.6) is 0 Å². The number of hydrogen-bond donors (Lipinski definition) is 0. The van der Waals surface area contributed by atoms with Crippen molar-refractivity contribution in [2.45, 2.75) is 12.6 Å². The molecule has 9 heteroatoms. The molecule has 0 aliphatic carbocycles. The van der Waals surface area contributed by atoms with Crippen molar-refractivity contribution in [1.29, 1.82) is 0 Å². The van der Waals surface area contributed by atoms with E-state index in [1.165, 1.54) is 0 Å². The van der Waals surface area contributed by atoms with E-state index < -0.39 is 45.9 Å². The number of nitro benzene ring substituents is 1. The van der Waals surface area contributed by atoms with Gasteiger partial charge < -0.3 is 0 Å². The normalized spacial score (nSPS) is 11.4. The van der Waals surface area contributed by atoms with Crippen molar-refractivity contribution in [3.8, 4) is 0 Å². The molecule has 24 heavy (non-hydrogen) atoms. The first-order chi connectivity index (χ1) is 11.1. The van der Waals surface area contributed by atoms with Gasteiger partial charge in [-0.15, -0.1) is 0 Å². The number of hydrogen-bond acceptors (Lipinski definition) is 3. The minimum Gasteiger partial charge on any atom is -0.294 e. The number of nitro groups is 1. The molecule has 2 aromatic rings. The third-order valence-corrected chi connectivity index (χ3v) is 3.52. The van der Waals surface area contributed by atoms with Crippen LogP contribution in [0.4, 0.5) is 23.2 Å². The molecule has 0 saturated carbocycles. The van der Waals surface area contributed by atoms with Crippen molar-refractivity contribution in [3.05, 3.63) is 74.0 Å². The number of carbonyl (C=O) groups excluding carboxylic acids is 1. The summed E-state index contributed by atoms with van der Waals surface area (Å²) in [7, 11) is 0. The molecule has 2 rings (SSSR count). The Kier molecular flexibility index (Phi) is 4.88. The predicted octanol–water partition coefficient (Wildman–Crippen LogP) is 4.83. The second-order valence-corrected chi connectivity index (χ2v) is 5.23. The van der Waals surface area contributed by atoms with Gasteiger partial charge in [0.05, 0.1) is 15.5 Å². The number of rotatable bonds is 4. The zero-order valence-corrected chi connectivity index (χ0v) is 12.5. The molecule has 0 spiro atoms. The average Bonchev–Trinajstić information content (AvgIpc) is 2.48. The van der Waals surface area contributed by atoms with E-state index in [2.05, 4.69) is 0 Å². The predicted molar refractivity (Wildman–Crippen MR) is 77.5 cm³/mol. The summed E-state index contributed by atoms with van der Waals surface area (Å²) < 4.78 is 51.9. The lowest BCUT2D eigenvalue weighted by atomic mass is 9.98. The zero-order chi connectivity index (χ0) is 18.1. The Hall–Kier alpha value is -2.48. The molecule has 0 radical (unpaired) electrons. The monoisotopic (exact) mass is 361 g/mol. The fourth-order valence-corrected chi connectivity index (χ4v) is 2.30. The number of Topliss-reactive ketones (excluding diaryl/α,β-unsaturated/α-hetero) is 1. The molecule has 0 aliphatic heterocycles. The number of alkyl halides is 3. The first-order valence-corrected chi connectivity index (χ1v) is 6.80. The van der Waals surface area contributed by atoms with E-state index in [9.17, 15) is 32.5 Å². The van der Waals surface area contributed by atoms with E-state index in [4.69, 9.17) is 11.6 Å². The maximum absolute atomic E-state index is 13.1. The van der Waals surface area contributed by atoms with Crippen LogP contribution < -0.4 is 0 Å². The largest absolute Gasteiger partial charge is 0.416 e. The Morgan fingerprint density at radius 2 is 1.83 bits per heavy atom. The lowest BCUT2D eigenvalue weighted by molar-refractivity contribution is -0.384. The van der Waals surface area contributed by atoms with E-state index in [1.807, 2.05) is 0 Å². The van der Waals surface area contributed by atoms with Crippen LogP contribution in [0.15, 0.2) is 36.4 Å². The van der Waals surface area contributed by atoms with Gasteiger partial charge in [-0.3, -0.25) is 14.9 Å². The van der Waals surface area contributed by atoms with Gasteiger partial charge in [-0.2, -0.15) is 13.2 Å². The molecule has 0 aromatic heterocycles. The highest BCUT2D eigenvalue weighted by molar-refractivity contribution is 6.34. The van der Waals surface area contributed by atoms with Crippen molar-refractivity contribution in [1.82, 2.24) is 0 Å². The standard InChI is InChI=1S/C15H8ClF4NO3/c16-13-4-3-10(21(23)24)7-11(13)14(22)5-8-1-2-9(17)6-12(8)15(18,19)20/h1-4,6-7H,5H2. The maximum atomic E-state index is 13.1. The van der Waals surface area contributed by atoms with Crippen molar-refractivity contribution >= 4 is 23.1 Å². The third kappa shape index (κ3) is 3.88. The van der Waals surface area contributed by atoms with E-state index in [1.54, 1.807) is 0 Å². The molecule has 0 amide bonds. The molecule has 2 aromatic carbocycles. The number of halogens is 5. The quantitative estimate of drug-likeness (QED) is 0.339. The lowest BCUT2D eigenvalue weighted by Crippen LogP contribution is -2.13. The fourth-order valence-electron chi connectivity index (χ4n) is 2.08. The molecule has 0 heterocycles. The highest BCUT2D eigenvalue weighted by atomic mass is 35.5. The summed E-state index contributed by atoms with van der Waals surface area (Å²) in [5, 5.41) is 10.6.